The predicted molar refractivity (Wildman–Crippen MR) is 117 cm³/mol. The fraction of sp³-hybridized carbons (Fsp3) is 0. The van der Waals surface area contributed by atoms with Crippen molar-refractivity contribution in [3.63, 3.8) is 0 Å². The molecule has 148 valence electrons. The summed E-state index contributed by atoms with van der Waals surface area (Å²) in [6.45, 7) is 0. The summed E-state index contributed by atoms with van der Waals surface area (Å²) in [6, 6.07) is 7.56. The Balaban J connectivity index is 0.000000376. The zero-order valence-electron chi connectivity index (χ0n) is 15.6. The van der Waals surface area contributed by atoms with E-state index in [1.54, 1.807) is 17.2 Å². The third-order valence-electron chi connectivity index (χ3n) is 3.94. The molecule has 2 aromatic heterocycles. The number of rotatable bonds is 4. The fourth-order valence-corrected chi connectivity index (χ4v) is 3.62. The maximum Gasteiger partial charge on any atom is 2.00 e. The van der Waals surface area contributed by atoms with Crippen LogP contribution in [0.25, 0.3) is 5.00 Å². The van der Waals surface area contributed by atoms with Crippen LogP contribution in [0.3, 0.4) is 0 Å². The summed E-state index contributed by atoms with van der Waals surface area (Å²) in [6.07, 6.45) is 22.9. The predicted octanol–water partition coefficient (Wildman–Crippen LogP) is 4.90. The zero-order chi connectivity index (χ0) is 19.9. The maximum atomic E-state index is 6.16. The second kappa shape index (κ2) is 11.8. The van der Waals surface area contributed by atoms with Gasteiger partial charge in [-0.2, -0.15) is 5.10 Å². The van der Waals surface area contributed by atoms with Gasteiger partial charge in [-0.1, -0.05) is 41.1 Å². The van der Waals surface area contributed by atoms with Gasteiger partial charge in [0.25, 0.3) is 0 Å². The van der Waals surface area contributed by atoms with Gasteiger partial charge >= 0.3 is 17.1 Å². The van der Waals surface area contributed by atoms with Crippen LogP contribution in [-0.4, -0.2) is 26.0 Å². The molecule has 2 fully saturated rings. The Morgan fingerprint density at radius 3 is 2.30 bits per heavy atom. The van der Waals surface area contributed by atoms with Crippen LogP contribution in [0.1, 0.15) is 11.3 Å². The van der Waals surface area contributed by atoms with Crippen LogP contribution in [0.5, 0.6) is 0 Å². The molecule has 2 aliphatic carbocycles. The number of halogens is 1. The van der Waals surface area contributed by atoms with Gasteiger partial charge in [-0.3, -0.25) is 0 Å². The van der Waals surface area contributed by atoms with Crippen LogP contribution in [0.4, 0.5) is 5.13 Å². The van der Waals surface area contributed by atoms with Gasteiger partial charge in [0.05, 0.1) is 5.69 Å². The van der Waals surface area contributed by atoms with Crippen molar-refractivity contribution in [2.45, 2.75) is 0 Å². The standard InChI is InChI=1S/C17H11ClN5S.C5H5.Fe/c18-14-8-4-3-7-13(14)9-20-17-22-15(12-5-1-2-6-12)16(24-17)23-11-19-10-21-23;1-2-4-5-3-1;/h1-11H;1-5H;/q;;+2/b20-9+;;. The van der Waals surface area contributed by atoms with E-state index in [0.29, 0.717) is 10.2 Å². The summed E-state index contributed by atoms with van der Waals surface area (Å²) in [5, 5.41) is 6.38. The first-order valence-corrected chi connectivity index (χ1v) is 10.0. The quantitative estimate of drug-likeness (QED) is 0.400. The summed E-state index contributed by atoms with van der Waals surface area (Å²) >= 11 is 7.61. The summed E-state index contributed by atoms with van der Waals surface area (Å²) in [5.74, 6) is 1.02. The molecule has 0 saturated heterocycles. The Bertz CT molecular complexity index is 923. The van der Waals surface area contributed by atoms with Gasteiger partial charge in [-0.15, -0.1) is 0 Å². The molecule has 0 unspecified atom stereocenters. The minimum atomic E-state index is 0. The maximum absolute atomic E-state index is 6.16. The molecule has 5 rings (SSSR count). The van der Waals surface area contributed by atoms with Gasteiger partial charge in [0.15, 0.2) is 0 Å². The topological polar surface area (TPSA) is 56.0 Å². The molecule has 10 radical (unpaired) electrons. The third kappa shape index (κ3) is 6.01. The minimum Gasteiger partial charge on any atom is -0.227 e. The van der Waals surface area contributed by atoms with Crippen LogP contribution in [0, 0.1) is 63.7 Å². The van der Waals surface area contributed by atoms with E-state index in [9.17, 15) is 0 Å². The first-order chi connectivity index (χ1) is 14.3. The Morgan fingerprint density at radius 1 is 0.967 bits per heavy atom. The molecule has 2 aliphatic rings. The van der Waals surface area contributed by atoms with Gasteiger partial charge in [0.2, 0.25) is 5.13 Å². The number of benzene rings is 1. The molecule has 0 amide bonds. The van der Waals surface area contributed by atoms with E-state index in [0.717, 1.165) is 22.2 Å². The Labute approximate surface area is 197 Å². The number of hydrogen-bond acceptors (Lipinski definition) is 5. The Hall–Kier alpha value is -1.53. The van der Waals surface area contributed by atoms with E-state index in [1.165, 1.54) is 17.7 Å². The zero-order valence-corrected chi connectivity index (χ0v) is 18.3. The van der Waals surface area contributed by atoms with E-state index in [-0.39, 0.29) is 17.1 Å². The number of hydrogen-bond donors (Lipinski definition) is 0. The monoisotopic (exact) mass is 473 g/mol. The molecular weight excluding hydrogens is 458 g/mol. The molecule has 0 N–H and O–H groups in total. The number of aliphatic imine (C=N–C) groups is 1. The van der Waals surface area contributed by atoms with Crippen molar-refractivity contribution < 1.29 is 17.1 Å². The molecule has 8 heteroatoms. The van der Waals surface area contributed by atoms with Crippen molar-refractivity contribution in [2.75, 3.05) is 0 Å². The molecule has 5 nitrogen and oxygen atoms in total. The molecule has 1 aromatic carbocycles. The van der Waals surface area contributed by atoms with Crippen molar-refractivity contribution in [3.05, 3.63) is 117 Å². The molecule has 0 atom stereocenters. The van der Waals surface area contributed by atoms with Crippen LogP contribution in [-0.2, 0) is 17.1 Å². The van der Waals surface area contributed by atoms with Crippen LogP contribution < -0.4 is 0 Å². The van der Waals surface area contributed by atoms with E-state index >= 15 is 0 Å². The van der Waals surface area contributed by atoms with Crippen molar-refractivity contribution in [2.24, 2.45) is 4.99 Å². The SMILES string of the molecule is Clc1ccccc1/C=N/c1nc([C]2[CH][CH][CH][CH]2)c(-n2cncn2)s1.[CH]1[CH][CH][CH][CH]1.[Fe+2]. The third-order valence-corrected chi connectivity index (χ3v) is 5.23. The van der Waals surface area contributed by atoms with Crippen molar-refractivity contribution in [3.8, 4) is 5.00 Å². The summed E-state index contributed by atoms with van der Waals surface area (Å²) in [5.41, 5.74) is 1.69. The first kappa shape index (κ1) is 23.1. The average molecular weight is 474 g/mol. The van der Waals surface area contributed by atoms with Crippen LogP contribution in [0.15, 0.2) is 41.9 Å². The molecule has 0 spiro atoms. The number of nitrogens with zero attached hydrogens (tertiary/aromatic N) is 5. The second-order valence-electron chi connectivity index (χ2n) is 5.91. The van der Waals surface area contributed by atoms with E-state index in [2.05, 4.69) is 20.1 Å². The van der Waals surface area contributed by atoms with Gasteiger partial charge < -0.3 is 0 Å². The van der Waals surface area contributed by atoms with Gasteiger partial charge in [0, 0.05) is 22.7 Å². The van der Waals surface area contributed by atoms with Gasteiger partial charge in [-0.25, -0.2) is 19.6 Å². The molecule has 2 saturated carbocycles. The Morgan fingerprint density at radius 2 is 1.67 bits per heavy atom. The fourth-order valence-electron chi connectivity index (χ4n) is 2.57. The molecule has 3 aromatic rings. The molecule has 0 bridgehead atoms. The van der Waals surface area contributed by atoms with Crippen molar-refractivity contribution >= 4 is 34.3 Å². The summed E-state index contributed by atoms with van der Waals surface area (Å²) in [4.78, 5) is 13.1. The van der Waals surface area contributed by atoms with Gasteiger partial charge in [0.1, 0.15) is 17.7 Å². The van der Waals surface area contributed by atoms with E-state index in [4.69, 9.17) is 11.6 Å². The summed E-state index contributed by atoms with van der Waals surface area (Å²) < 4.78 is 1.70. The molecule has 30 heavy (non-hydrogen) atoms. The molecule has 2 heterocycles. The van der Waals surface area contributed by atoms with Gasteiger partial charge in [-0.05, 0) is 63.9 Å². The Kier molecular flexibility index (Phi) is 9.06. The number of aromatic nitrogens is 4. The second-order valence-corrected chi connectivity index (χ2v) is 7.27. The first-order valence-electron chi connectivity index (χ1n) is 8.84. The normalized spacial score (nSPS) is 16.4. The summed E-state index contributed by atoms with van der Waals surface area (Å²) in [7, 11) is 0. The smallest absolute Gasteiger partial charge is 0.227 e. The molecular formula is C22H16ClFeN5S+2. The van der Waals surface area contributed by atoms with Crippen molar-refractivity contribution in [1.82, 2.24) is 19.7 Å². The van der Waals surface area contributed by atoms with Crippen LogP contribution >= 0.6 is 22.9 Å². The molecule has 0 aliphatic heterocycles. The van der Waals surface area contributed by atoms with E-state index < -0.39 is 0 Å². The number of thiazole rings is 1. The van der Waals surface area contributed by atoms with Crippen molar-refractivity contribution in [1.29, 1.82) is 0 Å². The average Bonchev–Trinajstić information content (AvgIpc) is 3.55. The van der Waals surface area contributed by atoms with Crippen LogP contribution in [0.2, 0.25) is 5.02 Å². The van der Waals surface area contributed by atoms with E-state index in [1.807, 2.05) is 82.1 Å². The minimum absolute atomic E-state index is 0. The largest absolute Gasteiger partial charge is 2.00 e.